The van der Waals surface area contributed by atoms with Crippen molar-refractivity contribution in [3.8, 4) is 5.75 Å². The van der Waals surface area contributed by atoms with Crippen molar-refractivity contribution in [2.45, 2.75) is 32.1 Å². The normalized spacial score (nSPS) is 15.7. The van der Waals surface area contributed by atoms with Crippen molar-refractivity contribution >= 4 is 11.5 Å². The van der Waals surface area contributed by atoms with Crippen molar-refractivity contribution in [1.29, 1.82) is 0 Å². The van der Waals surface area contributed by atoms with Crippen molar-refractivity contribution in [3.63, 3.8) is 0 Å². The van der Waals surface area contributed by atoms with Gasteiger partial charge >= 0.3 is 0 Å². The van der Waals surface area contributed by atoms with E-state index in [1.807, 2.05) is 0 Å². The van der Waals surface area contributed by atoms with E-state index in [-0.39, 0.29) is 5.78 Å². The zero-order valence-electron chi connectivity index (χ0n) is 10.7. The van der Waals surface area contributed by atoms with Crippen molar-refractivity contribution in [3.05, 3.63) is 35.4 Å². The van der Waals surface area contributed by atoms with Crippen LogP contribution in [0.25, 0.3) is 0 Å². The number of carbonyl (C=O) groups is 1. The highest BCUT2D eigenvalue weighted by atomic mass is 16.5. The first-order chi connectivity index (χ1) is 8.74. The summed E-state index contributed by atoms with van der Waals surface area (Å²) < 4.78 is 5.24. The Bertz CT molecular complexity index is 477. The van der Waals surface area contributed by atoms with Gasteiger partial charge in [0.15, 0.2) is 5.78 Å². The Balaban J connectivity index is 2.36. The zero-order valence-corrected chi connectivity index (χ0v) is 10.7. The highest BCUT2D eigenvalue weighted by Crippen LogP contribution is 2.29. The molecule has 0 heterocycles. The number of allylic oxidation sites excluding steroid dienone is 2. The first-order valence-corrected chi connectivity index (χ1v) is 6.40. The van der Waals surface area contributed by atoms with Gasteiger partial charge in [-0.25, -0.2) is 0 Å². The van der Waals surface area contributed by atoms with Gasteiger partial charge in [0.25, 0.3) is 0 Å². The summed E-state index contributed by atoms with van der Waals surface area (Å²) in [6.07, 6.45) is 7.31. The van der Waals surface area contributed by atoms with E-state index >= 15 is 0 Å². The summed E-state index contributed by atoms with van der Waals surface area (Å²) in [7, 11) is 1.56. The molecule has 0 aliphatic heterocycles. The molecule has 0 saturated carbocycles. The fourth-order valence-corrected chi connectivity index (χ4v) is 2.34. The average Bonchev–Trinajstić information content (AvgIpc) is 2.66. The molecule has 0 spiro atoms. The van der Waals surface area contributed by atoms with Crippen molar-refractivity contribution < 1.29 is 9.53 Å². The number of hydrogen-bond donors (Lipinski definition) is 1. The van der Waals surface area contributed by atoms with Crippen LogP contribution in [0.15, 0.2) is 29.8 Å². The molecule has 2 N–H and O–H groups in total. The maximum Gasteiger partial charge on any atom is 0.194 e. The van der Waals surface area contributed by atoms with Crippen molar-refractivity contribution in [2.75, 3.05) is 12.8 Å². The van der Waals surface area contributed by atoms with Gasteiger partial charge in [-0.3, -0.25) is 4.79 Å². The molecule has 18 heavy (non-hydrogen) atoms. The fraction of sp³-hybridized carbons (Fsp3) is 0.400. The molecule has 0 amide bonds. The quantitative estimate of drug-likeness (QED) is 0.656. The molecular weight excluding hydrogens is 226 g/mol. The van der Waals surface area contributed by atoms with E-state index in [4.69, 9.17) is 10.5 Å². The first-order valence-electron chi connectivity index (χ1n) is 6.40. The lowest BCUT2D eigenvalue weighted by Gasteiger charge is -2.11. The van der Waals surface area contributed by atoms with Crippen molar-refractivity contribution in [2.24, 2.45) is 0 Å². The smallest absolute Gasteiger partial charge is 0.194 e. The van der Waals surface area contributed by atoms with E-state index in [0.717, 1.165) is 31.3 Å². The van der Waals surface area contributed by atoms with Gasteiger partial charge in [-0.05, 0) is 43.4 Å². The van der Waals surface area contributed by atoms with Crippen LogP contribution >= 0.6 is 0 Å². The van der Waals surface area contributed by atoms with Gasteiger partial charge in [0, 0.05) is 5.69 Å². The van der Waals surface area contributed by atoms with Crippen LogP contribution in [0.4, 0.5) is 5.69 Å². The summed E-state index contributed by atoms with van der Waals surface area (Å²) in [6.45, 7) is 0. The Morgan fingerprint density at radius 3 is 2.89 bits per heavy atom. The highest BCUT2D eigenvalue weighted by molar-refractivity contribution is 6.13. The van der Waals surface area contributed by atoms with Gasteiger partial charge < -0.3 is 10.5 Å². The van der Waals surface area contributed by atoms with Crippen molar-refractivity contribution in [1.82, 2.24) is 0 Å². The predicted octanol–water partition coefficient (Wildman–Crippen LogP) is 3.35. The third-order valence-corrected chi connectivity index (χ3v) is 3.34. The fourth-order valence-electron chi connectivity index (χ4n) is 2.34. The Morgan fingerprint density at radius 2 is 2.11 bits per heavy atom. The standard InChI is InChI=1S/C15H19NO2/c1-18-13-10-6-9-12(16)14(13)15(17)11-7-4-2-3-5-8-11/h6-7,9-10H,2-5,8,16H2,1H3. The number of nitrogens with two attached hydrogens (primary N) is 1. The molecular formula is C15H19NO2. The number of anilines is 1. The number of hydrogen-bond acceptors (Lipinski definition) is 3. The molecule has 96 valence electrons. The third kappa shape index (κ3) is 2.55. The Hall–Kier alpha value is -1.77. The minimum atomic E-state index is 0.0202. The Morgan fingerprint density at radius 1 is 1.28 bits per heavy atom. The lowest BCUT2D eigenvalue weighted by Crippen LogP contribution is -2.09. The number of Topliss-reactive ketones (excluding diaryl/α,β-unsaturated/α-hetero) is 1. The van der Waals surface area contributed by atoms with Crippen LogP contribution in [-0.2, 0) is 0 Å². The molecule has 0 saturated heterocycles. The number of ketones is 1. The maximum atomic E-state index is 12.5. The van der Waals surface area contributed by atoms with Gasteiger partial charge in [0.2, 0.25) is 0 Å². The minimum absolute atomic E-state index is 0.0202. The summed E-state index contributed by atoms with van der Waals surface area (Å²) in [5.41, 5.74) is 7.79. The third-order valence-electron chi connectivity index (χ3n) is 3.34. The van der Waals surface area contributed by atoms with Gasteiger partial charge in [-0.15, -0.1) is 0 Å². The molecule has 0 fully saturated rings. The molecule has 1 aromatic rings. The van der Waals surface area contributed by atoms with Gasteiger partial charge in [0.05, 0.1) is 12.7 Å². The lowest BCUT2D eigenvalue weighted by molar-refractivity contribution is 0.102. The molecule has 3 nitrogen and oxygen atoms in total. The molecule has 1 aliphatic rings. The molecule has 3 heteroatoms. The topological polar surface area (TPSA) is 52.3 Å². The minimum Gasteiger partial charge on any atom is -0.496 e. The summed E-state index contributed by atoms with van der Waals surface area (Å²) in [4.78, 5) is 12.5. The van der Waals surface area contributed by atoms with Gasteiger partial charge in [-0.1, -0.05) is 18.6 Å². The lowest BCUT2D eigenvalue weighted by atomic mass is 9.97. The van der Waals surface area contributed by atoms with E-state index in [0.29, 0.717) is 17.0 Å². The molecule has 0 atom stereocenters. The van der Waals surface area contributed by atoms with E-state index in [1.165, 1.54) is 6.42 Å². The summed E-state index contributed by atoms with van der Waals surface area (Å²) >= 11 is 0. The second-order valence-corrected chi connectivity index (χ2v) is 4.58. The second-order valence-electron chi connectivity index (χ2n) is 4.58. The van der Waals surface area contributed by atoms with Crippen LogP contribution in [0.5, 0.6) is 5.75 Å². The highest BCUT2D eigenvalue weighted by Gasteiger charge is 2.20. The van der Waals surface area contributed by atoms with Crippen LogP contribution in [-0.4, -0.2) is 12.9 Å². The summed E-state index contributed by atoms with van der Waals surface area (Å²) in [5.74, 6) is 0.581. The number of nitrogen functional groups attached to an aromatic ring is 1. The summed E-state index contributed by atoms with van der Waals surface area (Å²) in [6, 6.07) is 5.32. The summed E-state index contributed by atoms with van der Waals surface area (Å²) in [5, 5.41) is 0. The average molecular weight is 245 g/mol. The molecule has 1 aromatic carbocycles. The van der Waals surface area contributed by atoms with E-state index < -0.39 is 0 Å². The second kappa shape index (κ2) is 5.71. The largest absolute Gasteiger partial charge is 0.496 e. The van der Waals surface area contributed by atoms with E-state index in [2.05, 4.69) is 6.08 Å². The number of benzene rings is 1. The number of rotatable bonds is 3. The first kappa shape index (κ1) is 12.7. The number of ether oxygens (including phenoxy) is 1. The Labute approximate surface area is 108 Å². The molecule has 0 radical (unpaired) electrons. The van der Waals surface area contributed by atoms with Crippen LogP contribution in [0.3, 0.4) is 0 Å². The monoisotopic (exact) mass is 245 g/mol. The number of carbonyl (C=O) groups excluding carboxylic acids is 1. The number of methoxy groups -OCH3 is 1. The zero-order chi connectivity index (χ0) is 13.0. The molecule has 0 unspecified atom stereocenters. The SMILES string of the molecule is COc1cccc(N)c1C(=O)C1=CCCCCC1. The Kier molecular flexibility index (Phi) is 4.03. The van der Waals surface area contributed by atoms with E-state index in [9.17, 15) is 4.79 Å². The van der Waals surface area contributed by atoms with Gasteiger partial charge in [-0.2, -0.15) is 0 Å². The maximum absolute atomic E-state index is 12.5. The molecule has 0 bridgehead atoms. The van der Waals surface area contributed by atoms with Crippen LogP contribution in [0, 0.1) is 0 Å². The molecule has 0 aromatic heterocycles. The van der Waals surface area contributed by atoms with E-state index in [1.54, 1.807) is 25.3 Å². The molecule has 1 aliphatic carbocycles. The predicted molar refractivity (Wildman–Crippen MR) is 72.9 cm³/mol. The van der Waals surface area contributed by atoms with Crippen LogP contribution in [0.1, 0.15) is 42.5 Å². The molecule has 2 rings (SSSR count). The van der Waals surface area contributed by atoms with Crippen LogP contribution in [0.2, 0.25) is 0 Å². The van der Waals surface area contributed by atoms with Gasteiger partial charge in [0.1, 0.15) is 5.75 Å². The van der Waals surface area contributed by atoms with Crippen LogP contribution < -0.4 is 10.5 Å².